The van der Waals surface area contributed by atoms with Crippen LogP contribution in [0.3, 0.4) is 0 Å². The summed E-state index contributed by atoms with van der Waals surface area (Å²) in [6.07, 6.45) is 3.64. The normalized spacial score (nSPS) is 20.0. The van der Waals surface area contributed by atoms with Gasteiger partial charge in [-0.2, -0.15) is 4.31 Å². The van der Waals surface area contributed by atoms with Crippen molar-refractivity contribution in [2.45, 2.75) is 31.3 Å². The Hall–Kier alpha value is -1.41. The number of fused-ring (bicyclic) bond motifs is 1. The Morgan fingerprint density at radius 1 is 1.26 bits per heavy atom. The van der Waals surface area contributed by atoms with Gasteiger partial charge in [0, 0.05) is 22.5 Å². The van der Waals surface area contributed by atoms with Crippen LogP contribution in [0.2, 0.25) is 5.02 Å². The second kappa shape index (κ2) is 7.20. The fraction of sp³-hybridized carbons (Fsp3) is 0.421. The van der Waals surface area contributed by atoms with Crippen molar-refractivity contribution in [3.8, 4) is 0 Å². The van der Waals surface area contributed by atoms with E-state index in [0.29, 0.717) is 11.6 Å². The molecule has 0 N–H and O–H groups in total. The molecule has 4 rings (SSSR count). The van der Waals surface area contributed by atoms with Crippen LogP contribution in [0, 0.1) is 0 Å². The molecule has 1 unspecified atom stereocenters. The van der Waals surface area contributed by atoms with E-state index in [4.69, 9.17) is 11.6 Å². The highest BCUT2D eigenvalue weighted by Crippen LogP contribution is 2.38. The number of carbonyl (C=O) groups is 1. The average molecular weight is 425 g/mol. The van der Waals surface area contributed by atoms with Crippen LogP contribution in [-0.2, 0) is 21.2 Å². The Morgan fingerprint density at radius 2 is 1.96 bits per heavy atom. The minimum Gasteiger partial charge on any atom is -0.330 e. The zero-order chi connectivity index (χ0) is 19.2. The van der Waals surface area contributed by atoms with Crippen LogP contribution in [0.1, 0.15) is 34.9 Å². The van der Waals surface area contributed by atoms with Gasteiger partial charge in [0.1, 0.15) is 0 Å². The van der Waals surface area contributed by atoms with Crippen LogP contribution in [0.15, 0.2) is 35.7 Å². The van der Waals surface area contributed by atoms with Crippen LogP contribution in [0.4, 0.5) is 0 Å². The van der Waals surface area contributed by atoms with Crippen molar-refractivity contribution in [2.75, 3.05) is 19.3 Å². The lowest BCUT2D eigenvalue weighted by atomic mass is 9.93. The molecule has 1 saturated carbocycles. The molecule has 1 fully saturated rings. The number of hydrogen-bond acceptors (Lipinski definition) is 4. The van der Waals surface area contributed by atoms with Crippen molar-refractivity contribution in [1.29, 1.82) is 0 Å². The van der Waals surface area contributed by atoms with Gasteiger partial charge >= 0.3 is 0 Å². The number of benzene rings is 1. The standard InChI is InChI=1S/C19H21ClN2O3S2/c1-27(24,25)22(15-6-7-15)12-18(23)21-10-8-17-16(9-11-26-17)19(21)13-2-4-14(20)5-3-13/h2-5,9,11,15,19H,6-8,10,12H2,1H3. The van der Waals surface area contributed by atoms with Gasteiger partial charge in [0.25, 0.3) is 0 Å². The van der Waals surface area contributed by atoms with Gasteiger partial charge in [-0.05, 0) is 54.0 Å². The number of thiophene rings is 1. The van der Waals surface area contributed by atoms with Crippen molar-refractivity contribution in [3.63, 3.8) is 0 Å². The second-order valence-corrected chi connectivity index (χ2v) is 10.5. The monoisotopic (exact) mass is 424 g/mol. The van der Waals surface area contributed by atoms with Crippen molar-refractivity contribution < 1.29 is 13.2 Å². The quantitative estimate of drug-likeness (QED) is 0.739. The molecular formula is C19H21ClN2O3S2. The maximum absolute atomic E-state index is 13.2. The fourth-order valence-corrected chi connectivity index (χ4v) is 5.82. The minimum atomic E-state index is -3.40. The molecule has 144 valence electrons. The van der Waals surface area contributed by atoms with Gasteiger partial charge in [-0.15, -0.1) is 11.3 Å². The molecule has 1 aromatic heterocycles. The SMILES string of the molecule is CS(=O)(=O)N(CC(=O)N1CCc2sccc2C1c1ccc(Cl)cc1)C1CC1. The number of halogens is 1. The maximum atomic E-state index is 13.2. The molecule has 1 aliphatic carbocycles. The van der Waals surface area contributed by atoms with Gasteiger partial charge in [0.2, 0.25) is 15.9 Å². The summed E-state index contributed by atoms with van der Waals surface area (Å²) in [5.74, 6) is -0.149. The molecule has 2 heterocycles. The molecule has 0 spiro atoms. The molecule has 2 aromatic rings. The topological polar surface area (TPSA) is 57.7 Å². The Kier molecular flexibility index (Phi) is 5.05. The summed E-state index contributed by atoms with van der Waals surface area (Å²) in [5, 5.41) is 2.70. The highest BCUT2D eigenvalue weighted by atomic mass is 35.5. The summed E-state index contributed by atoms with van der Waals surface area (Å²) in [6.45, 7) is 0.495. The predicted molar refractivity (Wildman–Crippen MR) is 108 cm³/mol. The number of rotatable bonds is 5. The van der Waals surface area contributed by atoms with E-state index in [1.807, 2.05) is 29.2 Å². The zero-order valence-electron chi connectivity index (χ0n) is 15.0. The first-order valence-electron chi connectivity index (χ1n) is 8.92. The predicted octanol–water partition coefficient (Wildman–Crippen LogP) is 3.30. The van der Waals surface area contributed by atoms with Gasteiger partial charge in [0.05, 0.1) is 18.8 Å². The summed E-state index contributed by atoms with van der Waals surface area (Å²) >= 11 is 7.74. The number of sulfonamides is 1. The number of amides is 1. The molecule has 1 aliphatic heterocycles. The van der Waals surface area contributed by atoms with Gasteiger partial charge in [-0.3, -0.25) is 4.79 Å². The van der Waals surface area contributed by atoms with Crippen molar-refractivity contribution >= 4 is 38.9 Å². The van der Waals surface area contributed by atoms with Crippen molar-refractivity contribution in [3.05, 3.63) is 56.7 Å². The first kappa shape index (κ1) is 18.9. The molecule has 8 heteroatoms. The maximum Gasteiger partial charge on any atom is 0.238 e. The first-order chi connectivity index (χ1) is 12.8. The minimum absolute atomic E-state index is 0.0283. The molecule has 1 amide bonds. The van der Waals surface area contributed by atoms with E-state index in [1.54, 1.807) is 11.3 Å². The Labute approximate surface area is 168 Å². The molecule has 0 bridgehead atoms. The Bertz CT molecular complexity index is 952. The van der Waals surface area contributed by atoms with Crippen LogP contribution in [-0.4, -0.2) is 48.9 Å². The van der Waals surface area contributed by atoms with Crippen LogP contribution >= 0.6 is 22.9 Å². The number of nitrogens with zero attached hydrogens (tertiary/aromatic N) is 2. The molecular weight excluding hydrogens is 404 g/mol. The van der Waals surface area contributed by atoms with E-state index in [2.05, 4.69) is 11.4 Å². The fourth-order valence-electron chi connectivity index (χ4n) is 3.69. The Balaban J connectivity index is 1.65. The summed E-state index contributed by atoms with van der Waals surface area (Å²) in [5.41, 5.74) is 2.11. The molecule has 27 heavy (non-hydrogen) atoms. The van der Waals surface area contributed by atoms with Crippen LogP contribution in [0.25, 0.3) is 0 Å². The highest BCUT2D eigenvalue weighted by Gasteiger charge is 2.39. The largest absolute Gasteiger partial charge is 0.330 e. The van der Waals surface area contributed by atoms with E-state index in [9.17, 15) is 13.2 Å². The van der Waals surface area contributed by atoms with E-state index >= 15 is 0 Å². The van der Waals surface area contributed by atoms with Crippen LogP contribution < -0.4 is 0 Å². The molecule has 1 atom stereocenters. The molecule has 1 aromatic carbocycles. The second-order valence-electron chi connectivity index (χ2n) is 7.13. The van der Waals surface area contributed by atoms with Crippen molar-refractivity contribution in [1.82, 2.24) is 9.21 Å². The summed E-state index contributed by atoms with van der Waals surface area (Å²) in [7, 11) is -3.40. The molecule has 0 radical (unpaired) electrons. The van der Waals surface area contributed by atoms with E-state index < -0.39 is 10.0 Å². The number of hydrogen-bond donors (Lipinski definition) is 0. The lowest BCUT2D eigenvalue weighted by Crippen LogP contribution is -2.47. The first-order valence-corrected chi connectivity index (χ1v) is 12.0. The van der Waals surface area contributed by atoms with Crippen molar-refractivity contribution in [2.24, 2.45) is 0 Å². The summed E-state index contributed by atoms with van der Waals surface area (Å²) < 4.78 is 25.6. The lowest BCUT2D eigenvalue weighted by Gasteiger charge is -2.37. The van der Waals surface area contributed by atoms with Gasteiger partial charge in [0.15, 0.2) is 0 Å². The third-order valence-electron chi connectivity index (χ3n) is 5.14. The van der Waals surface area contributed by atoms with Gasteiger partial charge in [-0.1, -0.05) is 23.7 Å². The third kappa shape index (κ3) is 3.92. The van der Waals surface area contributed by atoms with E-state index in [1.165, 1.54) is 15.4 Å². The highest BCUT2D eigenvalue weighted by molar-refractivity contribution is 7.88. The van der Waals surface area contributed by atoms with Gasteiger partial charge in [-0.25, -0.2) is 8.42 Å². The molecule has 0 saturated heterocycles. The zero-order valence-corrected chi connectivity index (χ0v) is 17.4. The summed E-state index contributed by atoms with van der Waals surface area (Å²) in [4.78, 5) is 16.3. The number of carbonyl (C=O) groups excluding carboxylic acids is 1. The van der Waals surface area contributed by atoms with E-state index in [0.717, 1.165) is 30.4 Å². The van der Waals surface area contributed by atoms with Gasteiger partial charge < -0.3 is 4.90 Å². The average Bonchev–Trinajstić information content (AvgIpc) is 3.34. The molecule has 5 nitrogen and oxygen atoms in total. The van der Waals surface area contributed by atoms with Crippen LogP contribution in [0.5, 0.6) is 0 Å². The third-order valence-corrected chi connectivity index (χ3v) is 7.67. The summed E-state index contributed by atoms with van der Waals surface area (Å²) in [6, 6.07) is 9.36. The smallest absolute Gasteiger partial charge is 0.238 e. The molecule has 2 aliphatic rings. The Morgan fingerprint density at radius 3 is 2.59 bits per heavy atom. The van der Waals surface area contributed by atoms with E-state index in [-0.39, 0.29) is 24.5 Å². The lowest BCUT2D eigenvalue weighted by molar-refractivity contribution is -0.133.